The maximum Gasteiger partial charge on any atom is 0.223 e. The van der Waals surface area contributed by atoms with Crippen LogP contribution < -0.4 is 14.8 Å². The average molecular weight is 461 g/mol. The molecule has 0 spiro atoms. The van der Waals surface area contributed by atoms with Crippen molar-refractivity contribution in [1.82, 2.24) is 20.1 Å². The fraction of sp³-hybridized carbons (Fsp3) is 0.269. The second kappa shape index (κ2) is 9.13. The van der Waals surface area contributed by atoms with Crippen LogP contribution in [0.25, 0.3) is 16.6 Å². The minimum atomic E-state index is -0.453. The Morgan fingerprint density at radius 2 is 1.91 bits per heavy atom. The molecule has 0 unspecified atom stereocenters. The maximum absolute atomic E-state index is 13.3. The number of amides is 1. The number of nitrogens with one attached hydrogen (secondary N) is 1. The number of rotatable bonds is 8. The molecule has 2 aromatic carbocycles. The molecule has 2 atom stereocenters. The summed E-state index contributed by atoms with van der Waals surface area (Å²) in [5, 5.41) is 8.42. The van der Waals surface area contributed by atoms with Crippen LogP contribution in [0.1, 0.15) is 31.4 Å². The van der Waals surface area contributed by atoms with E-state index in [1.807, 2.05) is 31.2 Å². The predicted octanol–water partition coefficient (Wildman–Crippen LogP) is 4.60. The molecule has 7 nitrogen and oxygen atoms in total. The summed E-state index contributed by atoms with van der Waals surface area (Å²) in [4.78, 5) is 16.7. The molecule has 0 radical (unpaired) electrons. The van der Waals surface area contributed by atoms with E-state index in [-0.39, 0.29) is 23.7 Å². The summed E-state index contributed by atoms with van der Waals surface area (Å²) >= 11 is 0. The standard InChI is InChI=1S/C26H25FN4O3/c1-16(30-26(32)17-3-4-17)25(18-5-12-24(33-2)28-14-18)34-22-10-11-23-19(13-22)15-29-31(23)21-8-6-20(27)7-9-21/h5-17,25H,3-4H2,1-2H3,(H,30,32)/t16-,25-/m1/s1. The van der Waals surface area contributed by atoms with Gasteiger partial charge in [0.25, 0.3) is 0 Å². The van der Waals surface area contributed by atoms with Crippen LogP contribution in [0.4, 0.5) is 4.39 Å². The summed E-state index contributed by atoms with van der Waals surface area (Å²) in [5.74, 6) is 1.01. The van der Waals surface area contributed by atoms with Crippen molar-refractivity contribution < 1.29 is 18.7 Å². The zero-order valence-corrected chi connectivity index (χ0v) is 18.9. The van der Waals surface area contributed by atoms with Crippen molar-refractivity contribution in [3.8, 4) is 17.3 Å². The highest BCUT2D eigenvalue weighted by atomic mass is 19.1. The maximum atomic E-state index is 13.3. The molecule has 1 saturated carbocycles. The number of fused-ring (bicyclic) bond motifs is 1. The molecule has 1 amide bonds. The van der Waals surface area contributed by atoms with Crippen molar-refractivity contribution in [2.45, 2.75) is 31.9 Å². The fourth-order valence-corrected chi connectivity index (χ4v) is 3.92. The Kier molecular flexibility index (Phi) is 5.88. The first kappa shape index (κ1) is 21.9. The van der Waals surface area contributed by atoms with Gasteiger partial charge in [0.15, 0.2) is 0 Å². The molecule has 2 aromatic heterocycles. The van der Waals surface area contributed by atoms with Crippen LogP contribution in [-0.4, -0.2) is 33.8 Å². The van der Waals surface area contributed by atoms with Gasteiger partial charge in [-0.25, -0.2) is 14.1 Å². The Morgan fingerprint density at radius 1 is 1.12 bits per heavy atom. The molecule has 1 fully saturated rings. The quantitative estimate of drug-likeness (QED) is 0.416. The summed E-state index contributed by atoms with van der Waals surface area (Å²) in [6.45, 7) is 1.93. The van der Waals surface area contributed by atoms with Crippen molar-refractivity contribution in [2.24, 2.45) is 5.92 Å². The number of halogens is 1. The molecule has 0 bridgehead atoms. The van der Waals surface area contributed by atoms with E-state index in [1.165, 1.54) is 12.1 Å². The van der Waals surface area contributed by atoms with E-state index in [4.69, 9.17) is 9.47 Å². The third-order valence-electron chi connectivity index (χ3n) is 5.94. The summed E-state index contributed by atoms with van der Waals surface area (Å²) in [5.41, 5.74) is 2.46. The van der Waals surface area contributed by atoms with Gasteiger partial charge in [0.05, 0.1) is 30.6 Å². The molecule has 8 heteroatoms. The lowest BCUT2D eigenvalue weighted by Gasteiger charge is -2.26. The number of carbonyl (C=O) groups excluding carboxylic acids is 1. The second-order valence-electron chi connectivity index (χ2n) is 8.50. The third-order valence-corrected chi connectivity index (χ3v) is 5.94. The minimum absolute atomic E-state index is 0.0543. The highest BCUT2D eigenvalue weighted by Gasteiger charge is 2.32. The van der Waals surface area contributed by atoms with Gasteiger partial charge in [-0.05, 0) is 68.3 Å². The van der Waals surface area contributed by atoms with E-state index >= 15 is 0 Å². The molecule has 34 heavy (non-hydrogen) atoms. The van der Waals surface area contributed by atoms with E-state index in [9.17, 15) is 9.18 Å². The van der Waals surface area contributed by atoms with Gasteiger partial charge in [-0.3, -0.25) is 4.79 Å². The number of benzene rings is 2. The number of nitrogens with zero attached hydrogens (tertiary/aromatic N) is 3. The van der Waals surface area contributed by atoms with Gasteiger partial charge in [-0.2, -0.15) is 5.10 Å². The van der Waals surface area contributed by atoms with E-state index < -0.39 is 6.10 Å². The lowest BCUT2D eigenvalue weighted by molar-refractivity contribution is -0.123. The molecule has 1 aliphatic rings. The van der Waals surface area contributed by atoms with Crippen molar-refractivity contribution in [1.29, 1.82) is 0 Å². The highest BCUT2D eigenvalue weighted by molar-refractivity contribution is 5.82. The first-order valence-corrected chi connectivity index (χ1v) is 11.2. The number of aromatic nitrogens is 3. The van der Waals surface area contributed by atoms with Crippen molar-refractivity contribution in [2.75, 3.05) is 7.11 Å². The number of methoxy groups -OCH3 is 1. The largest absolute Gasteiger partial charge is 0.484 e. The molecule has 1 N–H and O–H groups in total. The van der Waals surface area contributed by atoms with Crippen molar-refractivity contribution in [3.63, 3.8) is 0 Å². The lowest BCUT2D eigenvalue weighted by atomic mass is 10.0. The Hall–Kier alpha value is -3.94. The lowest BCUT2D eigenvalue weighted by Crippen LogP contribution is -2.40. The molecule has 1 aliphatic carbocycles. The number of hydrogen-bond acceptors (Lipinski definition) is 5. The normalized spacial score (nSPS) is 15.0. The highest BCUT2D eigenvalue weighted by Crippen LogP contribution is 2.32. The zero-order valence-electron chi connectivity index (χ0n) is 18.9. The number of carbonyl (C=O) groups is 1. The van der Waals surface area contributed by atoms with Crippen LogP contribution >= 0.6 is 0 Å². The van der Waals surface area contributed by atoms with Gasteiger partial charge in [-0.15, -0.1) is 0 Å². The van der Waals surface area contributed by atoms with Gasteiger partial charge in [0, 0.05) is 29.1 Å². The molecular weight excluding hydrogens is 435 g/mol. The van der Waals surface area contributed by atoms with Gasteiger partial charge in [0.1, 0.15) is 17.7 Å². The smallest absolute Gasteiger partial charge is 0.223 e. The van der Waals surface area contributed by atoms with Crippen LogP contribution in [0.2, 0.25) is 0 Å². The molecule has 4 aromatic rings. The topological polar surface area (TPSA) is 78.3 Å². The number of ether oxygens (including phenoxy) is 2. The third kappa shape index (κ3) is 4.57. The molecule has 5 rings (SSSR count). The Bertz CT molecular complexity index is 1300. The Labute approximate surface area is 196 Å². The van der Waals surface area contributed by atoms with Gasteiger partial charge < -0.3 is 14.8 Å². The first-order chi connectivity index (χ1) is 16.5. The Balaban J connectivity index is 1.42. The van der Waals surface area contributed by atoms with E-state index in [0.717, 1.165) is 35.0 Å². The fourth-order valence-electron chi connectivity index (χ4n) is 3.92. The van der Waals surface area contributed by atoms with Crippen LogP contribution in [-0.2, 0) is 4.79 Å². The van der Waals surface area contributed by atoms with Gasteiger partial charge >= 0.3 is 0 Å². The number of pyridine rings is 1. The summed E-state index contributed by atoms with van der Waals surface area (Å²) in [6.07, 6.45) is 4.86. The zero-order chi connectivity index (χ0) is 23.7. The van der Waals surface area contributed by atoms with Crippen LogP contribution in [0.3, 0.4) is 0 Å². The molecule has 0 aliphatic heterocycles. The summed E-state index contributed by atoms with van der Waals surface area (Å²) < 4.78 is 26.6. The molecule has 174 valence electrons. The van der Waals surface area contributed by atoms with Gasteiger partial charge in [0.2, 0.25) is 11.8 Å². The SMILES string of the molecule is COc1ccc([C@H](Oc2ccc3c(cnn3-c3ccc(F)cc3)c2)[C@@H](C)NC(=O)C2CC2)cn1. The van der Waals surface area contributed by atoms with Gasteiger partial charge in [-0.1, -0.05) is 0 Å². The van der Waals surface area contributed by atoms with E-state index in [1.54, 1.807) is 42.4 Å². The van der Waals surface area contributed by atoms with Crippen LogP contribution in [0, 0.1) is 11.7 Å². The van der Waals surface area contributed by atoms with Crippen LogP contribution in [0.5, 0.6) is 11.6 Å². The van der Waals surface area contributed by atoms with Crippen LogP contribution in [0.15, 0.2) is 67.0 Å². The molecule has 0 saturated heterocycles. The predicted molar refractivity (Wildman–Crippen MR) is 126 cm³/mol. The van der Waals surface area contributed by atoms with E-state index in [0.29, 0.717) is 11.6 Å². The monoisotopic (exact) mass is 460 g/mol. The van der Waals surface area contributed by atoms with Crippen molar-refractivity contribution >= 4 is 16.8 Å². The summed E-state index contributed by atoms with van der Waals surface area (Å²) in [7, 11) is 1.57. The first-order valence-electron chi connectivity index (χ1n) is 11.2. The second-order valence-corrected chi connectivity index (χ2v) is 8.50. The minimum Gasteiger partial charge on any atom is -0.484 e. The van der Waals surface area contributed by atoms with Crippen molar-refractivity contribution in [3.05, 3.63) is 78.4 Å². The summed E-state index contributed by atoms with van der Waals surface area (Å²) in [6, 6.07) is 15.3. The Morgan fingerprint density at radius 3 is 2.59 bits per heavy atom. The molecule has 2 heterocycles. The molecular formula is C26H25FN4O3. The van der Waals surface area contributed by atoms with E-state index in [2.05, 4.69) is 15.4 Å². The average Bonchev–Trinajstić information content (AvgIpc) is 3.63. The number of hydrogen-bond donors (Lipinski definition) is 1.